The molecule has 2 aromatic carbocycles. The van der Waals surface area contributed by atoms with E-state index in [1.807, 2.05) is 76.2 Å². The number of methoxy groups -OCH3 is 1. The van der Waals surface area contributed by atoms with Crippen LogP contribution in [0.5, 0.6) is 11.5 Å². The van der Waals surface area contributed by atoms with Crippen LogP contribution in [0.4, 0.5) is 0 Å². The van der Waals surface area contributed by atoms with Crippen LogP contribution >= 0.6 is 0 Å². The van der Waals surface area contributed by atoms with E-state index in [-0.39, 0.29) is 5.60 Å². The number of ether oxygens (including phenoxy) is 2. The minimum Gasteiger partial charge on any atom is -0.497 e. The first-order valence-electron chi connectivity index (χ1n) is 9.93. The Hall–Kier alpha value is -2.73. The van der Waals surface area contributed by atoms with Crippen molar-refractivity contribution in [3.63, 3.8) is 0 Å². The van der Waals surface area contributed by atoms with E-state index >= 15 is 0 Å². The number of benzene rings is 2. The lowest BCUT2D eigenvalue weighted by atomic mass is 10.1. The summed E-state index contributed by atoms with van der Waals surface area (Å²) in [5, 5.41) is 16.9. The highest BCUT2D eigenvalue weighted by molar-refractivity contribution is 5.79. The molecule has 0 saturated carbocycles. The molecule has 0 bridgehead atoms. The first-order chi connectivity index (χ1) is 13.8. The van der Waals surface area contributed by atoms with Crippen molar-refractivity contribution in [3.8, 4) is 11.5 Å². The van der Waals surface area contributed by atoms with Crippen LogP contribution in [0.2, 0.25) is 0 Å². The zero-order valence-corrected chi connectivity index (χ0v) is 18.0. The number of guanidine groups is 1. The first kappa shape index (κ1) is 22.6. The molecule has 0 amide bonds. The van der Waals surface area contributed by atoms with Gasteiger partial charge in [-0.05, 0) is 51.5 Å². The molecule has 0 spiro atoms. The topological polar surface area (TPSA) is 75.1 Å². The van der Waals surface area contributed by atoms with Gasteiger partial charge in [0.15, 0.2) is 5.96 Å². The van der Waals surface area contributed by atoms with Crippen LogP contribution in [-0.4, -0.2) is 36.9 Å². The van der Waals surface area contributed by atoms with E-state index < -0.39 is 6.10 Å². The molecule has 0 heterocycles. The van der Waals surface area contributed by atoms with Crippen molar-refractivity contribution in [1.82, 2.24) is 10.6 Å². The van der Waals surface area contributed by atoms with Gasteiger partial charge in [-0.2, -0.15) is 0 Å². The second kappa shape index (κ2) is 10.7. The summed E-state index contributed by atoms with van der Waals surface area (Å²) in [4.78, 5) is 4.65. The van der Waals surface area contributed by atoms with Crippen molar-refractivity contribution in [2.75, 3.05) is 20.2 Å². The number of aliphatic hydroxyl groups is 1. The molecule has 3 N–H and O–H groups in total. The van der Waals surface area contributed by atoms with Gasteiger partial charge in [0.2, 0.25) is 0 Å². The van der Waals surface area contributed by atoms with Gasteiger partial charge in [0, 0.05) is 18.7 Å². The van der Waals surface area contributed by atoms with Crippen LogP contribution in [0.1, 0.15) is 44.9 Å². The van der Waals surface area contributed by atoms with Gasteiger partial charge in [-0.15, -0.1) is 0 Å². The van der Waals surface area contributed by atoms with E-state index in [1.54, 1.807) is 7.11 Å². The molecule has 0 aliphatic heterocycles. The van der Waals surface area contributed by atoms with E-state index in [0.717, 1.165) is 29.2 Å². The van der Waals surface area contributed by atoms with Gasteiger partial charge in [0.1, 0.15) is 17.1 Å². The van der Waals surface area contributed by atoms with Gasteiger partial charge < -0.3 is 25.2 Å². The quantitative estimate of drug-likeness (QED) is 0.467. The lowest BCUT2D eigenvalue weighted by Gasteiger charge is -2.23. The van der Waals surface area contributed by atoms with Crippen molar-refractivity contribution in [3.05, 3.63) is 59.7 Å². The summed E-state index contributed by atoms with van der Waals surface area (Å²) >= 11 is 0. The predicted octanol–water partition coefficient (Wildman–Crippen LogP) is 3.66. The van der Waals surface area contributed by atoms with Crippen LogP contribution in [0, 0.1) is 0 Å². The molecule has 29 heavy (non-hydrogen) atoms. The maximum Gasteiger partial charge on any atom is 0.191 e. The highest BCUT2D eigenvalue weighted by Gasteiger charge is 2.14. The number of para-hydroxylation sites is 1. The molecule has 6 nitrogen and oxygen atoms in total. The maximum atomic E-state index is 10.5. The van der Waals surface area contributed by atoms with Gasteiger partial charge in [-0.1, -0.05) is 30.3 Å². The average Bonchev–Trinajstić information content (AvgIpc) is 2.69. The van der Waals surface area contributed by atoms with E-state index in [1.165, 1.54) is 0 Å². The average molecular weight is 400 g/mol. The van der Waals surface area contributed by atoms with Crippen LogP contribution in [0.25, 0.3) is 0 Å². The van der Waals surface area contributed by atoms with E-state index in [9.17, 15) is 5.11 Å². The normalized spacial score (nSPS) is 13.0. The Morgan fingerprint density at radius 1 is 1.07 bits per heavy atom. The molecule has 6 heteroatoms. The zero-order valence-electron chi connectivity index (χ0n) is 18.0. The van der Waals surface area contributed by atoms with E-state index in [0.29, 0.717) is 19.0 Å². The first-order valence-corrected chi connectivity index (χ1v) is 9.93. The van der Waals surface area contributed by atoms with Crippen molar-refractivity contribution in [2.24, 2.45) is 4.99 Å². The molecule has 2 rings (SSSR count). The Balaban J connectivity index is 2.02. The number of hydrogen-bond acceptors (Lipinski definition) is 4. The standard InChI is InChI=1S/C23H33N3O3/c1-6-24-22(26-16-20(27)17-11-13-19(28-5)14-12-17)25-15-18-9-7-8-10-21(18)29-23(2,3)4/h7-14,20,27H,6,15-16H2,1-5H3,(H2,24,25,26). The Bertz CT molecular complexity index is 783. The van der Waals surface area contributed by atoms with Crippen molar-refractivity contribution in [1.29, 1.82) is 0 Å². The fourth-order valence-electron chi connectivity index (χ4n) is 2.71. The lowest BCUT2D eigenvalue weighted by Crippen LogP contribution is -2.39. The number of nitrogens with zero attached hydrogens (tertiary/aromatic N) is 1. The van der Waals surface area contributed by atoms with Crippen molar-refractivity contribution in [2.45, 2.75) is 45.9 Å². The molecule has 158 valence electrons. The molecule has 1 atom stereocenters. The van der Waals surface area contributed by atoms with Crippen LogP contribution < -0.4 is 20.1 Å². The fourth-order valence-corrected chi connectivity index (χ4v) is 2.71. The Morgan fingerprint density at radius 2 is 1.76 bits per heavy atom. The summed E-state index contributed by atoms with van der Waals surface area (Å²) in [6.07, 6.45) is -0.652. The van der Waals surface area contributed by atoms with E-state index in [4.69, 9.17) is 9.47 Å². The third-order valence-corrected chi connectivity index (χ3v) is 4.10. The highest BCUT2D eigenvalue weighted by atomic mass is 16.5. The summed E-state index contributed by atoms with van der Waals surface area (Å²) in [5.41, 5.74) is 1.55. The smallest absolute Gasteiger partial charge is 0.191 e. The summed E-state index contributed by atoms with van der Waals surface area (Å²) in [7, 11) is 1.62. The number of aliphatic hydroxyl groups excluding tert-OH is 1. The number of rotatable bonds is 8. The minimum absolute atomic E-state index is 0.273. The summed E-state index contributed by atoms with van der Waals surface area (Å²) in [6, 6.07) is 15.3. The molecule has 0 radical (unpaired) electrons. The molecule has 0 aromatic heterocycles. The molecule has 0 fully saturated rings. The lowest BCUT2D eigenvalue weighted by molar-refractivity contribution is 0.129. The number of aliphatic imine (C=N–C) groups is 1. The Labute approximate surface area is 174 Å². The molecule has 0 aliphatic carbocycles. The Kier molecular flexibility index (Phi) is 8.34. The SMILES string of the molecule is CCNC(=NCc1ccccc1OC(C)(C)C)NCC(O)c1ccc(OC)cc1. The van der Waals surface area contributed by atoms with Gasteiger partial charge in [-0.25, -0.2) is 4.99 Å². The third kappa shape index (κ3) is 7.66. The molecule has 2 aromatic rings. The van der Waals surface area contributed by atoms with Crippen LogP contribution in [0.3, 0.4) is 0 Å². The van der Waals surface area contributed by atoms with Crippen molar-refractivity contribution < 1.29 is 14.6 Å². The zero-order chi connectivity index (χ0) is 21.3. The van der Waals surface area contributed by atoms with Gasteiger partial charge in [-0.3, -0.25) is 0 Å². The second-order valence-electron chi connectivity index (χ2n) is 7.69. The minimum atomic E-state index is -0.652. The summed E-state index contributed by atoms with van der Waals surface area (Å²) < 4.78 is 11.2. The maximum absolute atomic E-state index is 10.5. The number of nitrogens with one attached hydrogen (secondary N) is 2. The highest BCUT2D eigenvalue weighted by Crippen LogP contribution is 2.23. The number of hydrogen-bond donors (Lipinski definition) is 3. The monoisotopic (exact) mass is 399 g/mol. The molecular weight excluding hydrogens is 366 g/mol. The largest absolute Gasteiger partial charge is 0.497 e. The molecular formula is C23H33N3O3. The molecule has 0 saturated heterocycles. The predicted molar refractivity (Wildman–Crippen MR) is 118 cm³/mol. The van der Waals surface area contributed by atoms with Gasteiger partial charge in [0.25, 0.3) is 0 Å². The van der Waals surface area contributed by atoms with E-state index in [2.05, 4.69) is 15.6 Å². The summed E-state index contributed by atoms with van der Waals surface area (Å²) in [6.45, 7) is 9.63. The van der Waals surface area contributed by atoms with Gasteiger partial charge >= 0.3 is 0 Å². The van der Waals surface area contributed by atoms with Crippen molar-refractivity contribution >= 4 is 5.96 Å². The Morgan fingerprint density at radius 3 is 2.38 bits per heavy atom. The van der Waals surface area contributed by atoms with Crippen LogP contribution in [0.15, 0.2) is 53.5 Å². The summed E-state index contributed by atoms with van der Waals surface area (Å²) in [5.74, 6) is 2.24. The molecule has 0 aliphatic rings. The van der Waals surface area contributed by atoms with Gasteiger partial charge in [0.05, 0.1) is 19.8 Å². The molecule has 1 unspecified atom stereocenters. The van der Waals surface area contributed by atoms with Crippen LogP contribution in [-0.2, 0) is 6.54 Å². The third-order valence-electron chi connectivity index (χ3n) is 4.10. The fraction of sp³-hybridized carbons (Fsp3) is 0.435. The second-order valence-corrected chi connectivity index (χ2v) is 7.69.